The summed E-state index contributed by atoms with van der Waals surface area (Å²) in [4.78, 5) is 22.5. The molecule has 2 aromatic heterocycles. The van der Waals surface area contributed by atoms with Gasteiger partial charge in [-0.1, -0.05) is 0 Å². The highest BCUT2D eigenvalue weighted by Gasteiger charge is 2.22. The Kier molecular flexibility index (Phi) is 7.15. The third-order valence-electron chi connectivity index (χ3n) is 3.83. The van der Waals surface area contributed by atoms with Crippen molar-refractivity contribution in [3.8, 4) is 0 Å². The molecule has 3 heterocycles. The summed E-state index contributed by atoms with van der Waals surface area (Å²) < 4.78 is 10.5. The van der Waals surface area contributed by atoms with E-state index in [2.05, 4.69) is 20.4 Å². The summed E-state index contributed by atoms with van der Waals surface area (Å²) in [6.45, 7) is 4.80. The number of nitrogens with one attached hydrogen (secondary N) is 1. The zero-order valence-corrected chi connectivity index (χ0v) is 14.1. The van der Waals surface area contributed by atoms with Crippen molar-refractivity contribution in [2.75, 3.05) is 19.6 Å². The second-order valence-electron chi connectivity index (χ2n) is 5.75. The van der Waals surface area contributed by atoms with Gasteiger partial charge in [-0.15, -0.1) is 10.2 Å². The third kappa shape index (κ3) is 6.03. The van der Waals surface area contributed by atoms with E-state index in [0.717, 1.165) is 25.9 Å². The molecule has 0 aromatic carbocycles. The molecule has 9 nitrogen and oxygen atoms in total. The first-order valence-electron chi connectivity index (χ1n) is 8.03. The highest BCUT2D eigenvalue weighted by Crippen LogP contribution is 2.18. The van der Waals surface area contributed by atoms with Gasteiger partial charge in [0.2, 0.25) is 11.8 Å². The molecule has 0 radical (unpaired) electrons. The number of nitrogens with zero attached hydrogens (tertiary/aromatic N) is 3. The molecule has 1 fully saturated rings. The van der Waals surface area contributed by atoms with Crippen molar-refractivity contribution < 1.29 is 23.5 Å². The Morgan fingerprint density at radius 1 is 1.52 bits per heavy atom. The van der Waals surface area contributed by atoms with Crippen molar-refractivity contribution in [3.63, 3.8) is 0 Å². The summed E-state index contributed by atoms with van der Waals surface area (Å²) in [6, 6.07) is 3.38. The molecule has 1 unspecified atom stereocenters. The molecule has 2 aromatic rings. The molecule has 25 heavy (non-hydrogen) atoms. The summed E-state index contributed by atoms with van der Waals surface area (Å²) in [5, 5.41) is 17.7. The van der Waals surface area contributed by atoms with Crippen molar-refractivity contribution in [1.29, 1.82) is 0 Å². The van der Waals surface area contributed by atoms with E-state index in [0.29, 0.717) is 36.5 Å². The fourth-order valence-corrected chi connectivity index (χ4v) is 2.79. The number of carbonyl (C=O) groups excluding carboxylic acids is 1. The quantitative estimate of drug-likeness (QED) is 0.774. The fraction of sp³-hybridized carbons (Fsp3) is 0.500. The van der Waals surface area contributed by atoms with Crippen molar-refractivity contribution >= 4 is 12.4 Å². The van der Waals surface area contributed by atoms with E-state index in [1.54, 1.807) is 19.1 Å². The number of hydrogen-bond donors (Lipinski definition) is 2. The number of furan rings is 1. The zero-order chi connectivity index (χ0) is 18.1. The van der Waals surface area contributed by atoms with E-state index < -0.39 is 0 Å². The van der Waals surface area contributed by atoms with Crippen LogP contribution in [-0.2, 0) is 11.3 Å². The Labute approximate surface area is 145 Å². The lowest BCUT2D eigenvalue weighted by molar-refractivity contribution is -0.122. The van der Waals surface area contributed by atoms with Gasteiger partial charge >= 0.3 is 0 Å². The van der Waals surface area contributed by atoms with Crippen LogP contribution in [0.3, 0.4) is 0 Å². The van der Waals surface area contributed by atoms with Gasteiger partial charge in [-0.3, -0.25) is 14.5 Å². The van der Waals surface area contributed by atoms with Crippen molar-refractivity contribution in [2.45, 2.75) is 26.3 Å². The van der Waals surface area contributed by atoms with Gasteiger partial charge in [0, 0.05) is 20.0 Å². The van der Waals surface area contributed by atoms with E-state index >= 15 is 0 Å². The first kappa shape index (κ1) is 18.7. The van der Waals surface area contributed by atoms with Crippen LogP contribution in [0, 0.1) is 12.8 Å². The lowest BCUT2D eigenvalue weighted by Gasteiger charge is -2.31. The van der Waals surface area contributed by atoms with Crippen LogP contribution < -0.4 is 5.32 Å². The highest BCUT2D eigenvalue weighted by molar-refractivity contribution is 5.91. The molecular weight excluding hydrogens is 328 g/mol. The zero-order valence-electron chi connectivity index (χ0n) is 14.1. The number of amides is 1. The van der Waals surface area contributed by atoms with Crippen molar-refractivity contribution in [2.24, 2.45) is 5.92 Å². The van der Waals surface area contributed by atoms with E-state index in [4.69, 9.17) is 18.7 Å². The number of piperidine rings is 1. The van der Waals surface area contributed by atoms with Gasteiger partial charge in [-0.25, -0.2) is 0 Å². The van der Waals surface area contributed by atoms with E-state index in [1.807, 2.05) is 0 Å². The van der Waals surface area contributed by atoms with Gasteiger partial charge in [-0.05, 0) is 37.4 Å². The molecule has 9 heteroatoms. The number of aryl methyl sites for hydroxylation is 1. The average molecular weight is 350 g/mol. The number of aromatic nitrogens is 2. The molecule has 2 N–H and O–H groups in total. The molecular formula is C16H22N4O5. The molecule has 0 saturated carbocycles. The summed E-state index contributed by atoms with van der Waals surface area (Å²) in [5.41, 5.74) is 0. The fourth-order valence-electron chi connectivity index (χ4n) is 2.79. The molecule has 1 saturated heterocycles. The topological polar surface area (TPSA) is 122 Å². The van der Waals surface area contributed by atoms with Crippen molar-refractivity contribution in [3.05, 3.63) is 35.9 Å². The molecule has 1 aliphatic rings. The SMILES string of the molecule is Cc1nnc(CN2CCCC(CNC(=O)c3ccco3)C2)o1.O=CO. The van der Waals surface area contributed by atoms with Crippen molar-refractivity contribution in [1.82, 2.24) is 20.4 Å². The van der Waals surface area contributed by atoms with Crippen LogP contribution in [0.4, 0.5) is 0 Å². The van der Waals surface area contributed by atoms with Gasteiger partial charge < -0.3 is 19.3 Å². The van der Waals surface area contributed by atoms with Gasteiger partial charge in [0.1, 0.15) is 0 Å². The number of hydrogen-bond acceptors (Lipinski definition) is 7. The van der Waals surface area contributed by atoms with Gasteiger partial charge in [0.15, 0.2) is 5.76 Å². The van der Waals surface area contributed by atoms with Gasteiger partial charge in [-0.2, -0.15) is 0 Å². The maximum atomic E-state index is 11.9. The molecule has 3 rings (SSSR count). The first-order valence-corrected chi connectivity index (χ1v) is 8.03. The van der Waals surface area contributed by atoms with Crippen LogP contribution in [0.25, 0.3) is 0 Å². The Hall–Kier alpha value is -2.68. The number of carboxylic acid groups (broad SMARTS) is 1. The molecule has 0 aliphatic carbocycles. The molecule has 1 amide bonds. The Morgan fingerprint density at radius 3 is 2.96 bits per heavy atom. The normalized spacial score (nSPS) is 17.4. The minimum Gasteiger partial charge on any atom is -0.483 e. The summed E-state index contributed by atoms with van der Waals surface area (Å²) in [5.74, 6) is 1.87. The Bertz CT molecular complexity index is 655. The average Bonchev–Trinajstić information content (AvgIpc) is 3.26. The van der Waals surface area contributed by atoms with Gasteiger partial charge in [0.25, 0.3) is 12.4 Å². The van der Waals surface area contributed by atoms with Crippen LogP contribution >= 0.6 is 0 Å². The van der Waals surface area contributed by atoms with E-state index in [9.17, 15) is 4.79 Å². The Morgan fingerprint density at radius 2 is 2.32 bits per heavy atom. The predicted molar refractivity (Wildman–Crippen MR) is 86.8 cm³/mol. The number of carbonyl (C=O) groups is 2. The maximum Gasteiger partial charge on any atom is 0.290 e. The molecule has 1 aliphatic heterocycles. The number of likely N-dealkylation sites (tertiary alicyclic amines) is 1. The summed E-state index contributed by atoms with van der Waals surface area (Å²) >= 11 is 0. The van der Waals surface area contributed by atoms with Crippen LogP contribution in [0.5, 0.6) is 0 Å². The Balaban J connectivity index is 0.000000701. The van der Waals surface area contributed by atoms with E-state index in [-0.39, 0.29) is 12.4 Å². The standard InChI is InChI=1S/C15H20N4O3.CH2O2/c1-11-17-18-14(22-11)10-19-6-2-4-12(9-19)8-16-15(20)13-5-3-7-21-13;2-1-3/h3,5,7,12H,2,4,6,8-10H2,1H3,(H,16,20);1H,(H,2,3). The lowest BCUT2D eigenvalue weighted by Crippen LogP contribution is -2.40. The van der Waals surface area contributed by atoms with Crippen LogP contribution in [0.15, 0.2) is 27.2 Å². The minimum absolute atomic E-state index is 0.158. The van der Waals surface area contributed by atoms with Crippen LogP contribution in [0.2, 0.25) is 0 Å². The van der Waals surface area contributed by atoms with Gasteiger partial charge in [0.05, 0.1) is 12.8 Å². The monoisotopic (exact) mass is 350 g/mol. The third-order valence-corrected chi connectivity index (χ3v) is 3.83. The molecule has 1 atom stereocenters. The van der Waals surface area contributed by atoms with Crippen LogP contribution in [-0.4, -0.2) is 52.2 Å². The van der Waals surface area contributed by atoms with E-state index in [1.165, 1.54) is 6.26 Å². The summed E-state index contributed by atoms with van der Waals surface area (Å²) in [7, 11) is 0. The molecule has 136 valence electrons. The second-order valence-corrected chi connectivity index (χ2v) is 5.75. The lowest BCUT2D eigenvalue weighted by atomic mass is 9.98. The number of rotatable bonds is 5. The maximum absolute atomic E-state index is 11.9. The second kappa shape index (κ2) is 9.58. The minimum atomic E-state index is -0.250. The van der Waals surface area contributed by atoms with Crippen LogP contribution in [0.1, 0.15) is 35.2 Å². The largest absolute Gasteiger partial charge is 0.483 e. The first-order chi connectivity index (χ1) is 12.1. The molecule has 0 spiro atoms. The highest BCUT2D eigenvalue weighted by atomic mass is 16.4. The smallest absolute Gasteiger partial charge is 0.290 e. The molecule has 0 bridgehead atoms. The predicted octanol–water partition coefficient (Wildman–Crippen LogP) is 1.31. The summed E-state index contributed by atoms with van der Waals surface area (Å²) in [6.07, 6.45) is 3.72.